The number of hydrogen-bond donors (Lipinski definition) is 2. The number of hydrogen-bond acceptors (Lipinski definition) is 3. The quantitative estimate of drug-likeness (QED) is 0.802. The molecular formula is C12H14N2O2. The Morgan fingerprint density at radius 3 is 2.88 bits per heavy atom. The van der Waals surface area contributed by atoms with Crippen molar-refractivity contribution in [3.8, 4) is 0 Å². The first-order chi connectivity index (χ1) is 7.75. The third kappa shape index (κ3) is 2.59. The molecule has 4 heteroatoms. The van der Waals surface area contributed by atoms with Crippen LogP contribution >= 0.6 is 0 Å². The van der Waals surface area contributed by atoms with E-state index in [2.05, 4.69) is 22.4 Å². The number of aliphatic carboxylic acids is 1. The Morgan fingerprint density at radius 1 is 1.44 bits per heavy atom. The summed E-state index contributed by atoms with van der Waals surface area (Å²) >= 11 is 0. The fourth-order valence-corrected chi connectivity index (χ4v) is 1.84. The van der Waals surface area contributed by atoms with Gasteiger partial charge >= 0.3 is 5.97 Å². The second-order valence-electron chi connectivity index (χ2n) is 3.85. The van der Waals surface area contributed by atoms with Crippen molar-refractivity contribution in [3.05, 3.63) is 35.9 Å². The first-order valence-electron chi connectivity index (χ1n) is 5.29. The van der Waals surface area contributed by atoms with Gasteiger partial charge in [-0.05, 0) is 5.56 Å². The molecule has 1 aromatic rings. The predicted octanol–water partition coefficient (Wildman–Crippen LogP) is 1.25. The average Bonchev–Trinajstić information content (AvgIpc) is 2.76. The summed E-state index contributed by atoms with van der Waals surface area (Å²) in [4.78, 5) is 14.7. The van der Waals surface area contributed by atoms with Crippen LogP contribution in [-0.4, -0.2) is 30.0 Å². The Labute approximate surface area is 94.0 Å². The monoisotopic (exact) mass is 218 g/mol. The van der Waals surface area contributed by atoms with Crippen LogP contribution in [0.25, 0.3) is 0 Å². The highest BCUT2D eigenvalue weighted by atomic mass is 16.4. The van der Waals surface area contributed by atoms with Crippen LogP contribution in [0.5, 0.6) is 0 Å². The molecule has 0 aromatic heterocycles. The highest BCUT2D eigenvalue weighted by molar-refractivity contribution is 5.87. The standard InChI is InChI=1S/C12H14N2O2/c15-12(16)8-14-11-6-10(7-13-11)9-4-2-1-3-5-9/h1-5,10H,6-8H2,(H,13,14)(H,15,16). The number of carboxylic acids is 1. The number of rotatable bonds is 3. The van der Waals surface area contributed by atoms with E-state index in [0.717, 1.165) is 18.8 Å². The second kappa shape index (κ2) is 4.79. The van der Waals surface area contributed by atoms with Gasteiger partial charge in [-0.15, -0.1) is 0 Å². The Hall–Kier alpha value is -1.84. The van der Waals surface area contributed by atoms with Gasteiger partial charge in [-0.3, -0.25) is 9.79 Å². The van der Waals surface area contributed by atoms with E-state index in [1.807, 2.05) is 18.2 Å². The van der Waals surface area contributed by atoms with E-state index >= 15 is 0 Å². The lowest BCUT2D eigenvalue weighted by atomic mass is 9.98. The molecule has 2 N–H and O–H groups in total. The van der Waals surface area contributed by atoms with Crippen molar-refractivity contribution in [2.45, 2.75) is 12.3 Å². The van der Waals surface area contributed by atoms with Gasteiger partial charge in [-0.2, -0.15) is 0 Å². The number of carboxylic acid groups (broad SMARTS) is 1. The first kappa shape index (κ1) is 10.7. The van der Waals surface area contributed by atoms with E-state index < -0.39 is 5.97 Å². The zero-order valence-corrected chi connectivity index (χ0v) is 8.89. The van der Waals surface area contributed by atoms with Crippen LogP contribution in [0.2, 0.25) is 0 Å². The van der Waals surface area contributed by atoms with E-state index in [0.29, 0.717) is 5.92 Å². The minimum absolute atomic E-state index is 0.0552. The molecule has 0 radical (unpaired) electrons. The molecule has 1 unspecified atom stereocenters. The topological polar surface area (TPSA) is 61.7 Å². The van der Waals surface area contributed by atoms with E-state index in [9.17, 15) is 4.79 Å². The van der Waals surface area contributed by atoms with Crippen LogP contribution in [0.1, 0.15) is 17.9 Å². The van der Waals surface area contributed by atoms with E-state index in [4.69, 9.17) is 5.11 Å². The summed E-state index contributed by atoms with van der Waals surface area (Å²) in [5.74, 6) is 0.333. The second-order valence-corrected chi connectivity index (χ2v) is 3.85. The van der Waals surface area contributed by atoms with Crippen molar-refractivity contribution in [1.29, 1.82) is 0 Å². The average molecular weight is 218 g/mol. The molecule has 1 heterocycles. The van der Waals surface area contributed by atoms with Crippen LogP contribution < -0.4 is 5.32 Å². The normalized spacial score (nSPS) is 19.2. The number of aliphatic imine (C=N–C) groups is 1. The summed E-state index contributed by atoms with van der Waals surface area (Å²) in [7, 11) is 0. The minimum Gasteiger partial charge on any atom is -0.480 e. The van der Waals surface area contributed by atoms with E-state index in [1.165, 1.54) is 5.56 Å². The number of carbonyl (C=O) groups is 1. The van der Waals surface area contributed by atoms with Crippen LogP contribution in [0.15, 0.2) is 35.3 Å². The van der Waals surface area contributed by atoms with Gasteiger partial charge in [0.2, 0.25) is 0 Å². The SMILES string of the molecule is O=C(O)CNC1=NCC(c2ccccc2)C1. The van der Waals surface area contributed by atoms with Crippen LogP contribution in [0.3, 0.4) is 0 Å². The summed E-state index contributed by atoms with van der Waals surface area (Å²) in [5, 5.41) is 11.4. The number of nitrogens with one attached hydrogen (secondary N) is 1. The predicted molar refractivity (Wildman–Crippen MR) is 61.7 cm³/mol. The molecule has 0 bridgehead atoms. The maximum absolute atomic E-state index is 10.4. The lowest BCUT2D eigenvalue weighted by molar-refractivity contribution is -0.135. The number of benzene rings is 1. The highest BCUT2D eigenvalue weighted by Gasteiger charge is 2.20. The molecular weight excluding hydrogens is 204 g/mol. The Kier molecular flexibility index (Phi) is 3.19. The van der Waals surface area contributed by atoms with Gasteiger partial charge in [0, 0.05) is 18.9 Å². The molecule has 0 spiro atoms. The number of nitrogens with zero attached hydrogens (tertiary/aromatic N) is 1. The Balaban J connectivity index is 1.89. The molecule has 0 fully saturated rings. The fraction of sp³-hybridized carbons (Fsp3) is 0.333. The van der Waals surface area contributed by atoms with Crippen LogP contribution in [0.4, 0.5) is 0 Å². The molecule has 1 atom stereocenters. The summed E-state index contributed by atoms with van der Waals surface area (Å²) in [6.07, 6.45) is 0.803. The van der Waals surface area contributed by atoms with Crippen molar-refractivity contribution < 1.29 is 9.90 Å². The molecule has 0 saturated heterocycles. The molecule has 2 rings (SSSR count). The van der Waals surface area contributed by atoms with Gasteiger partial charge in [0.25, 0.3) is 0 Å². The van der Waals surface area contributed by atoms with Crippen molar-refractivity contribution in [3.63, 3.8) is 0 Å². The molecule has 4 nitrogen and oxygen atoms in total. The molecule has 0 aliphatic carbocycles. The van der Waals surface area contributed by atoms with Crippen LogP contribution in [-0.2, 0) is 4.79 Å². The van der Waals surface area contributed by atoms with Crippen molar-refractivity contribution in [2.75, 3.05) is 13.1 Å². The van der Waals surface area contributed by atoms with Crippen molar-refractivity contribution in [1.82, 2.24) is 5.32 Å². The third-order valence-corrected chi connectivity index (χ3v) is 2.66. The molecule has 84 valence electrons. The van der Waals surface area contributed by atoms with E-state index in [1.54, 1.807) is 0 Å². The molecule has 1 aliphatic heterocycles. The van der Waals surface area contributed by atoms with Gasteiger partial charge in [-0.25, -0.2) is 0 Å². The van der Waals surface area contributed by atoms with Gasteiger partial charge < -0.3 is 10.4 Å². The van der Waals surface area contributed by atoms with Gasteiger partial charge in [0.05, 0.1) is 5.84 Å². The summed E-state index contributed by atoms with van der Waals surface area (Å²) in [5.41, 5.74) is 1.26. The Bertz CT molecular complexity index is 401. The zero-order valence-electron chi connectivity index (χ0n) is 8.89. The molecule has 1 aliphatic rings. The lowest BCUT2D eigenvalue weighted by Gasteiger charge is -2.08. The fourth-order valence-electron chi connectivity index (χ4n) is 1.84. The molecule has 0 saturated carbocycles. The van der Waals surface area contributed by atoms with Crippen molar-refractivity contribution in [2.24, 2.45) is 4.99 Å². The zero-order chi connectivity index (χ0) is 11.4. The minimum atomic E-state index is -0.856. The third-order valence-electron chi connectivity index (χ3n) is 2.66. The maximum atomic E-state index is 10.4. The highest BCUT2D eigenvalue weighted by Crippen LogP contribution is 2.24. The largest absolute Gasteiger partial charge is 0.480 e. The lowest BCUT2D eigenvalue weighted by Crippen LogP contribution is -2.28. The van der Waals surface area contributed by atoms with Gasteiger partial charge in [0.1, 0.15) is 6.54 Å². The molecule has 0 amide bonds. The summed E-state index contributed by atoms with van der Waals surface area (Å²) in [6, 6.07) is 10.2. The summed E-state index contributed by atoms with van der Waals surface area (Å²) < 4.78 is 0. The smallest absolute Gasteiger partial charge is 0.322 e. The first-order valence-corrected chi connectivity index (χ1v) is 5.29. The number of amidine groups is 1. The van der Waals surface area contributed by atoms with Crippen LogP contribution in [0, 0.1) is 0 Å². The molecule has 16 heavy (non-hydrogen) atoms. The molecule has 1 aromatic carbocycles. The maximum Gasteiger partial charge on any atom is 0.322 e. The van der Waals surface area contributed by atoms with Crippen molar-refractivity contribution >= 4 is 11.8 Å². The summed E-state index contributed by atoms with van der Waals surface area (Å²) in [6.45, 7) is 0.687. The van der Waals surface area contributed by atoms with Gasteiger partial charge in [0.15, 0.2) is 0 Å². The van der Waals surface area contributed by atoms with Gasteiger partial charge in [-0.1, -0.05) is 30.3 Å². The Morgan fingerprint density at radius 2 is 2.19 bits per heavy atom. The van der Waals surface area contributed by atoms with E-state index in [-0.39, 0.29) is 6.54 Å².